The number of allylic oxidation sites excluding steroid dienone is 2. The maximum absolute atomic E-state index is 13.6. The zero-order chi connectivity index (χ0) is 25.3. The van der Waals surface area contributed by atoms with Crippen LogP contribution in [0.25, 0.3) is 0 Å². The van der Waals surface area contributed by atoms with Crippen LogP contribution in [0.15, 0.2) is 51.7 Å². The molecule has 12 nitrogen and oxygen atoms in total. The average molecular weight is 505 g/mol. The number of nitrogens with two attached hydrogens (primary N) is 2. The van der Waals surface area contributed by atoms with Crippen molar-refractivity contribution in [2.24, 2.45) is 17.4 Å². The summed E-state index contributed by atoms with van der Waals surface area (Å²) in [6.07, 6.45) is -1.04. The molecule has 2 saturated heterocycles. The summed E-state index contributed by atoms with van der Waals surface area (Å²) < 4.78 is 41.3. The molecule has 13 heteroatoms. The third-order valence-corrected chi connectivity index (χ3v) is 8.27. The molecule has 5 rings (SSSR count). The first-order valence-electron chi connectivity index (χ1n) is 10.8. The third kappa shape index (κ3) is 3.37. The molecule has 1 amide bonds. The molecule has 5 N–H and O–H groups in total. The summed E-state index contributed by atoms with van der Waals surface area (Å²) in [5, 5.41) is 3.24. The fourth-order valence-corrected chi connectivity index (χ4v) is 6.17. The second kappa shape index (κ2) is 7.88. The molecule has 35 heavy (non-hydrogen) atoms. The molecule has 0 bridgehead atoms. The second-order valence-corrected chi connectivity index (χ2v) is 10.5. The molecule has 4 aliphatic rings. The molecule has 2 fully saturated rings. The van der Waals surface area contributed by atoms with Crippen LogP contribution in [-0.4, -0.2) is 75.7 Å². The smallest absolute Gasteiger partial charge is 0.404 e. The summed E-state index contributed by atoms with van der Waals surface area (Å²) in [7, 11) is -2.78. The van der Waals surface area contributed by atoms with Crippen LogP contribution in [0.1, 0.15) is 5.56 Å². The first-order chi connectivity index (χ1) is 16.5. The molecular weight excluding hydrogens is 480 g/mol. The second-order valence-electron chi connectivity index (χ2n) is 8.84. The van der Waals surface area contributed by atoms with E-state index in [2.05, 4.69) is 5.32 Å². The van der Waals surface area contributed by atoms with Crippen molar-refractivity contribution in [1.29, 1.82) is 0 Å². The van der Waals surface area contributed by atoms with Crippen molar-refractivity contribution in [2.45, 2.75) is 29.6 Å². The zero-order valence-corrected chi connectivity index (χ0v) is 19.8. The first-order valence-corrected chi connectivity index (χ1v) is 12.2. The fourth-order valence-electron chi connectivity index (χ4n) is 5.29. The van der Waals surface area contributed by atoms with Crippen molar-refractivity contribution in [3.05, 3.63) is 52.4 Å². The Morgan fingerprint density at radius 1 is 1.23 bits per heavy atom. The van der Waals surface area contributed by atoms with Crippen LogP contribution in [0.3, 0.4) is 0 Å². The van der Waals surface area contributed by atoms with E-state index in [1.807, 2.05) is 6.92 Å². The topological polar surface area (TPSA) is 190 Å². The number of nitrogens with zero attached hydrogens (tertiary/aromatic N) is 1. The third-order valence-electron chi connectivity index (χ3n) is 7.00. The quantitative estimate of drug-likeness (QED) is 0.235. The van der Waals surface area contributed by atoms with E-state index in [9.17, 15) is 22.8 Å². The van der Waals surface area contributed by atoms with Crippen LogP contribution in [-0.2, 0) is 33.4 Å². The molecule has 1 aromatic carbocycles. The number of ether oxygens (including phenoxy) is 2. The largest absolute Gasteiger partial charge is 0.449 e. The van der Waals surface area contributed by atoms with Crippen molar-refractivity contribution in [3.63, 3.8) is 0 Å². The predicted molar refractivity (Wildman–Crippen MR) is 119 cm³/mol. The van der Waals surface area contributed by atoms with Crippen LogP contribution in [0.5, 0.6) is 0 Å². The highest BCUT2D eigenvalue weighted by Gasteiger charge is 2.72. The van der Waals surface area contributed by atoms with Gasteiger partial charge in [0.1, 0.15) is 6.61 Å². The van der Waals surface area contributed by atoms with Gasteiger partial charge in [0.2, 0.25) is 11.6 Å². The lowest BCUT2D eigenvalue weighted by Gasteiger charge is -2.39. The van der Waals surface area contributed by atoms with E-state index < -0.39 is 51.7 Å². The van der Waals surface area contributed by atoms with Crippen molar-refractivity contribution >= 4 is 27.8 Å². The minimum Gasteiger partial charge on any atom is -0.449 e. The van der Waals surface area contributed by atoms with Crippen molar-refractivity contribution < 1.29 is 36.5 Å². The summed E-state index contributed by atoms with van der Waals surface area (Å²) in [6.45, 7) is 1.15. The maximum atomic E-state index is 13.6. The minimum atomic E-state index is -4.22. The Balaban J connectivity index is 1.47. The molecule has 4 unspecified atom stereocenters. The number of amides is 1. The number of carbonyl (C=O) groups is 3. The van der Waals surface area contributed by atoms with Gasteiger partial charge in [0.05, 0.1) is 40.4 Å². The van der Waals surface area contributed by atoms with Gasteiger partial charge in [0, 0.05) is 25.3 Å². The van der Waals surface area contributed by atoms with E-state index in [0.29, 0.717) is 6.54 Å². The number of hydrogen-bond acceptors (Lipinski definition) is 11. The number of nitrogens with one attached hydrogen (secondary N) is 1. The number of benzene rings is 1. The zero-order valence-electron chi connectivity index (χ0n) is 18.9. The van der Waals surface area contributed by atoms with E-state index in [4.69, 9.17) is 25.1 Å². The van der Waals surface area contributed by atoms with E-state index in [1.165, 1.54) is 19.2 Å². The maximum Gasteiger partial charge on any atom is 0.404 e. The summed E-state index contributed by atoms with van der Waals surface area (Å²) in [4.78, 5) is 39.9. The summed E-state index contributed by atoms with van der Waals surface area (Å²) >= 11 is 0. The lowest BCUT2D eigenvalue weighted by Crippen LogP contribution is -2.55. The van der Waals surface area contributed by atoms with Crippen LogP contribution in [0, 0.1) is 12.8 Å². The first kappa shape index (κ1) is 23.5. The van der Waals surface area contributed by atoms with Gasteiger partial charge in [-0.2, -0.15) is 8.42 Å². The lowest BCUT2D eigenvalue weighted by molar-refractivity contribution is -0.137. The van der Waals surface area contributed by atoms with Gasteiger partial charge in [0.25, 0.3) is 10.1 Å². The van der Waals surface area contributed by atoms with Crippen LogP contribution in [0.4, 0.5) is 4.79 Å². The van der Waals surface area contributed by atoms with Gasteiger partial charge in [0.15, 0.2) is 5.72 Å². The Labute approximate surface area is 201 Å². The monoisotopic (exact) mass is 504 g/mol. The average Bonchev–Trinajstić information content (AvgIpc) is 3.42. The number of Topliss-reactive ketones (excluding diaryl/α,β-unsaturated/α-hetero) is 2. The molecule has 0 saturated carbocycles. The standard InChI is InChI=1S/C22H24N4O8S/c1-10-3-5-11(6-4-10)35(30,31)34-8-12-16(23)19(28)15-13(9-33-21(24)29)22(32-2)20-14(25-20)7-26(22)17(15)18(12)27/h3-6,13-14,20,25H,7-9,23H2,1-2H3,(H2,24,29). The van der Waals surface area contributed by atoms with E-state index in [-0.39, 0.29) is 40.4 Å². The summed E-state index contributed by atoms with van der Waals surface area (Å²) in [6, 6.07) is 5.78. The molecule has 1 aromatic rings. The molecule has 0 radical (unpaired) electrons. The number of carbonyl (C=O) groups excluding carboxylic acids is 3. The van der Waals surface area contributed by atoms with Crippen molar-refractivity contribution in [3.8, 4) is 0 Å². The van der Waals surface area contributed by atoms with Crippen LogP contribution < -0.4 is 16.8 Å². The van der Waals surface area contributed by atoms with Gasteiger partial charge in [-0.3, -0.25) is 13.8 Å². The van der Waals surface area contributed by atoms with E-state index in [0.717, 1.165) is 5.56 Å². The van der Waals surface area contributed by atoms with Gasteiger partial charge in [-0.1, -0.05) is 17.7 Å². The predicted octanol–water partition coefficient (Wildman–Crippen LogP) is -0.957. The van der Waals surface area contributed by atoms with Crippen LogP contribution in [0.2, 0.25) is 0 Å². The molecular formula is C22H24N4O8S. The van der Waals surface area contributed by atoms with Crippen LogP contribution >= 0.6 is 0 Å². The molecule has 3 heterocycles. The Bertz CT molecular complexity index is 1320. The van der Waals surface area contributed by atoms with Crippen molar-refractivity contribution in [2.75, 3.05) is 26.9 Å². The number of aryl methyl sites for hydroxylation is 1. The number of rotatable bonds is 7. The fraction of sp³-hybridized carbons (Fsp3) is 0.409. The van der Waals surface area contributed by atoms with Gasteiger partial charge in [-0.25, -0.2) is 4.79 Å². The number of primary amides is 1. The molecule has 1 aliphatic carbocycles. The lowest BCUT2D eigenvalue weighted by atomic mass is 9.82. The van der Waals surface area contributed by atoms with Crippen molar-refractivity contribution in [1.82, 2.24) is 10.2 Å². The highest BCUT2D eigenvalue weighted by molar-refractivity contribution is 7.86. The Morgan fingerprint density at radius 2 is 1.91 bits per heavy atom. The van der Waals surface area contributed by atoms with Gasteiger partial charge in [-0.05, 0) is 19.1 Å². The molecule has 186 valence electrons. The molecule has 0 aromatic heterocycles. The normalized spacial score (nSPS) is 29.3. The SMILES string of the molecule is COC12C(COC(N)=O)C3=C(C(=O)C(COS(=O)(=O)c4ccc(C)cc4)=C(N)C3=O)N1CC1NC12. The number of piperazine rings is 1. The van der Waals surface area contributed by atoms with Gasteiger partial charge < -0.3 is 31.2 Å². The van der Waals surface area contributed by atoms with E-state index in [1.54, 1.807) is 17.0 Å². The Hall–Kier alpha value is -3.26. The Morgan fingerprint density at radius 3 is 2.54 bits per heavy atom. The minimum absolute atomic E-state index is 0.00727. The van der Waals surface area contributed by atoms with Gasteiger partial charge >= 0.3 is 6.09 Å². The highest BCUT2D eigenvalue weighted by Crippen LogP contribution is 2.55. The molecule has 3 aliphatic heterocycles. The highest BCUT2D eigenvalue weighted by atomic mass is 32.2. The number of methoxy groups -OCH3 is 1. The summed E-state index contributed by atoms with van der Waals surface area (Å²) in [5.74, 6) is -2.15. The van der Waals surface area contributed by atoms with Gasteiger partial charge in [-0.15, -0.1) is 0 Å². The number of ketones is 2. The number of fused-ring (bicyclic) bond motifs is 4. The Kier molecular flexibility index (Phi) is 5.29. The number of hydrogen-bond donors (Lipinski definition) is 3. The van der Waals surface area contributed by atoms with E-state index >= 15 is 0 Å². The molecule has 0 spiro atoms. The summed E-state index contributed by atoms with van der Waals surface area (Å²) in [5.41, 5.74) is 10.3. The molecule has 4 atom stereocenters.